The van der Waals surface area contributed by atoms with Crippen LogP contribution >= 0.6 is 11.6 Å². The van der Waals surface area contributed by atoms with Gasteiger partial charge in [0.1, 0.15) is 12.4 Å². The van der Waals surface area contributed by atoms with E-state index in [4.69, 9.17) is 20.8 Å². The van der Waals surface area contributed by atoms with Gasteiger partial charge < -0.3 is 9.15 Å². The van der Waals surface area contributed by atoms with E-state index in [9.17, 15) is 0 Å². The van der Waals surface area contributed by atoms with Crippen LogP contribution in [0.15, 0.2) is 65.2 Å². The zero-order chi connectivity index (χ0) is 13.8. The molecule has 1 heterocycles. The maximum Gasteiger partial charge on any atom is 0.292 e. The Morgan fingerprint density at radius 1 is 1.00 bits per heavy atom. The molecule has 1 aromatic heterocycles. The molecule has 20 heavy (non-hydrogen) atoms. The minimum Gasteiger partial charge on any atom is -0.489 e. The number of nitrogens with zero attached hydrogens (tertiary/aromatic N) is 1. The van der Waals surface area contributed by atoms with E-state index in [0.29, 0.717) is 12.4 Å². The lowest BCUT2D eigenvalue weighted by Gasteiger charge is -2.06. The van der Waals surface area contributed by atoms with E-state index in [1.807, 2.05) is 54.6 Å². The summed E-state index contributed by atoms with van der Waals surface area (Å²) >= 11 is 5.66. The first kappa shape index (κ1) is 12.8. The second kappa shape index (κ2) is 5.80. The molecular weight excluding hydrogens is 274 g/mol. The maximum absolute atomic E-state index is 5.72. The monoisotopic (exact) mass is 285 g/mol. The first-order chi connectivity index (χ1) is 9.81. The summed E-state index contributed by atoms with van der Waals surface area (Å²) in [5.41, 5.74) is 2.05. The average Bonchev–Trinajstić information content (AvgIpc) is 2.93. The van der Waals surface area contributed by atoms with Crippen molar-refractivity contribution in [3.05, 3.63) is 71.7 Å². The van der Waals surface area contributed by atoms with Crippen molar-refractivity contribution in [1.82, 2.24) is 4.98 Å². The number of benzene rings is 2. The lowest BCUT2D eigenvalue weighted by atomic mass is 10.2. The number of hydrogen-bond donors (Lipinski definition) is 0. The van der Waals surface area contributed by atoms with Crippen molar-refractivity contribution in [2.75, 3.05) is 0 Å². The normalized spacial score (nSPS) is 10.4. The van der Waals surface area contributed by atoms with Crippen LogP contribution in [-0.2, 0) is 6.61 Å². The Hall–Kier alpha value is -2.26. The third kappa shape index (κ3) is 3.00. The number of rotatable bonds is 4. The maximum atomic E-state index is 5.72. The summed E-state index contributed by atoms with van der Waals surface area (Å²) in [5, 5.41) is 0.143. The zero-order valence-electron chi connectivity index (χ0n) is 10.6. The van der Waals surface area contributed by atoms with Crippen LogP contribution in [0, 0.1) is 0 Å². The van der Waals surface area contributed by atoms with Crippen molar-refractivity contribution in [3.63, 3.8) is 0 Å². The van der Waals surface area contributed by atoms with E-state index >= 15 is 0 Å². The fraction of sp³-hybridized carbons (Fsp3) is 0.0625. The van der Waals surface area contributed by atoms with Crippen LogP contribution in [0.1, 0.15) is 5.56 Å². The molecule has 0 saturated carbocycles. The highest BCUT2D eigenvalue weighted by Crippen LogP contribution is 2.24. The summed E-state index contributed by atoms with van der Waals surface area (Å²) in [6, 6.07) is 17.7. The van der Waals surface area contributed by atoms with Gasteiger partial charge >= 0.3 is 0 Å². The summed E-state index contributed by atoms with van der Waals surface area (Å²) in [7, 11) is 0. The highest BCUT2D eigenvalue weighted by atomic mass is 35.5. The summed E-state index contributed by atoms with van der Waals surface area (Å²) in [6.07, 6.45) is 1.60. The Kier molecular flexibility index (Phi) is 3.70. The summed E-state index contributed by atoms with van der Waals surface area (Å²) in [4.78, 5) is 3.86. The van der Waals surface area contributed by atoms with Gasteiger partial charge in [0, 0.05) is 5.56 Å². The smallest absolute Gasteiger partial charge is 0.292 e. The number of aromatic nitrogens is 1. The van der Waals surface area contributed by atoms with Gasteiger partial charge in [0.05, 0.1) is 6.20 Å². The van der Waals surface area contributed by atoms with Gasteiger partial charge in [-0.2, -0.15) is 0 Å². The van der Waals surface area contributed by atoms with Crippen LogP contribution < -0.4 is 4.74 Å². The van der Waals surface area contributed by atoms with E-state index in [0.717, 1.165) is 16.9 Å². The van der Waals surface area contributed by atoms with Crippen molar-refractivity contribution in [3.8, 4) is 17.1 Å². The molecular formula is C16H12ClNO2. The highest BCUT2D eigenvalue weighted by Gasteiger charge is 2.04. The quantitative estimate of drug-likeness (QED) is 0.704. The third-order valence-corrected chi connectivity index (χ3v) is 3.04. The van der Waals surface area contributed by atoms with Gasteiger partial charge in [0.2, 0.25) is 0 Å². The number of ether oxygens (including phenoxy) is 1. The topological polar surface area (TPSA) is 35.3 Å². The summed E-state index contributed by atoms with van der Waals surface area (Å²) in [5.74, 6) is 1.45. The van der Waals surface area contributed by atoms with Gasteiger partial charge in [-0.15, -0.1) is 0 Å². The molecule has 0 aliphatic rings. The van der Waals surface area contributed by atoms with Gasteiger partial charge in [0.25, 0.3) is 5.35 Å². The van der Waals surface area contributed by atoms with Gasteiger partial charge in [0.15, 0.2) is 5.76 Å². The first-order valence-corrected chi connectivity index (χ1v) is 6.57. The van der Waals surface area contributed by atoms with Crippen molar-refractivity contribution >= 4 is 11.6 Å². The van der Waals surface area contributed by atoms with Gasteiger partial charge in [-0.05, 0) is 41.4 Å². The Balaban J connectivity index is 1.67. The minimum absolute atomic E-state index is 0.143. The van der Waals surface area contributed by atoms with Crippen molar-refractivity contribution < 1.29 is 9.15 Å². The van der Waals surface area contributed by atoms with Crippen LogP contribution in [0.4, 0.5) is 0 Å². The van der Waals surface area contributed by atoms with Crippen LogP contribution in [0.2, 0.25) is 5.35 Å². The van der Waals surface area contributed by atoms with Crippen LogP contribution in [0.25, 0.3) is 11.3 Å². The third-order valence-electron chi connectivity index (χ3n) is 2.86. The van der Waals surface area contributed by atoms with E-state index in [1.54, 1.807) is 6.20 Å². The Morgan fingerprint density at radius 2 is 1.75 bits per heavy atom. The molecule has 3 rings (SSSR count). The van der Waals surface area contributed by atoms with E-state index in [2.05, 4.69) is 4.98 Å². The molecule has 3 nitrogen and oxygen atoms in total. The Labute approximate surface area is 121 Å². The summed E-state index contributed by atoms with van der Waals surface area (Å²) < 4.78 is 11.0. The molecule has 0 saturated heterocycles. The van der Waals surface area contributed by atoms with Gasteiger partial charge in [-0.1, -0.05) is 30.3 Å². The molecule has 2 aromatic carbocycles. The number of oxazole rings is 1. The highest BCUT2D eigenvalue weighted by molar-refractivity contribution is 6.27. The van der Waals surface area contributed by atoms with Crippen LogP contribution in [-0.4, -0.2) is 4.98 Å². The molecule has 4 heteroatoms. The largest absolute Gasteiger partial charge is 0.489 e. The Bertz CT molecular complexity index is 677. The van der Waals surface area contributed by atoms with Crippen molar-refractivity contribution in [2.24, 2.45) is 0 Å². The average molecular weight is 286 g/mol. The van der Waals surface area contributed by atoms with E-state index < -0.39 is 0 Å². The predicted octanol–water partition coefficient (Wildman–Crippen LogP) is 4.57. The first-order valence-electron chi connectivity index (χ1n) is 6.20. The van der Waals surface area contributed by atoms with E-state index in [1.165, 1.54) is 0 Å². The molecule has 0 N–H and O–H groups in total. The molecule has 0 fully saturated rings. The molecule has 0 spiro atoms. The molecule has 0 bridgehead atoms. The fourth-order valence-electron chi connectivity index (χ4n) is 1.84. The molecule has 100 valence electrons. The zero-order valence-corrected chi connectivity index (χ0v) is 11.4. The lowest BCUT2D eigenvalue weighted by molar-refractivity contribution is 0.306. The Morgan fingerprint density at radius 3 is 2.40 bits per heavy atom. The van der Waals surface area contributed by atoms with Gasteiger partial charge in [-0.3, -0.25) is 0 Å². The standard InChI is InChI=1S/C16H12ClNO2/c17-16-18-10-15(20-16)13-6-8-14(9-7-13)19-11-12-4-2-1-3-5-12/h1-10H,11H2. The molecule has 0 radical (unpaired) electrons. The van der Waals surface area contributed by atoms with Crippen LogP contribution in [0.3, 0.4) is 0 Å². The number of hydrogen-bond acceptors (Lipinski definition) is 3. The van der Waals surface area contributed by atoms with E-state index in [-0.39, 0.29) is 5.35 Å². The predicted molar refractivity (Wildman–Crippen MR) is 77.7 cm³/mol. The lowest BCUT2D eigenvalue weighted by Crippen LogP contribution is -1.94. The van der Waals surface area contributed by atoms with Crippen molar-refractivity contribution in [1.29, 1.82) is 0 Å². The van der Waals surface area contributed by atoms with Crippen molar-refractivity contribution in [2.45, 2.75) is 6.61 Å². The van der Waals surface area contributed by atoms with Crippen LogP contribution in [0.5, 0.6) is 5.75 Å². The second-order valence-electron chi connectivity index (χ2n) is 4.28. The molecule has 0 atom stereocenters. The number of halogens is 1. The molecule has 0 amide bonds. The minimum atomic E-state index is 0.143. The molecule has 0 aliphatic carbocycles. The second-order valence-corrected chi connectivity index (χ2v) is 4.60. The fourth-order valence-corrected chi connectivity index (χ4v) is 1.97. The molecule has 3 aromatic rings. The molecule has 0 unspecified atom stereocenters. The molecule has 0 aliphatic heterocycles. The van der Waals surface area contributed by atoms with Gasteiger partial charge in [-0.25, -0.2) is 4.98 Å². The SMILES string of the molecule is Clc1ncc(-c2ccc(OCc3ccccc3)cc2)o1. The summed E-state index contributed by atoms with van der Waals surface area (Å²) in [6.45, 7) is 0.550.